The molecule has 14 nitrogen and oxygen atoms in total. The summed E-state index contributed by atoms with van der Waals surface area (Å²) >= 11 is 0. The number of ether oxygens (including phenoxy) is 1. The van der Waals surface area contributed by atoms with E-state index < -0.39 is 47.7 Å². The summed E-state index contributed by atoms with van der Waals surface area (Å²) in [5, 5.41) is 24.6. The van der Waals surface area contributed by atoms with Gasteiger partial charge in [0.05, 0.1) is 16.7 Å². The number of nitrogens with zero attached hydrogens (tertiary/aromatic N) is 3. The lowest BCUT2D eigenvalue weighted by atomic mass is 10.2. The number of carboxylic acids is 1. The van der Waals surface area contributed by atoms with Gasteiger partial charge in [0.1, 0.15) is 18.2 Å². The van der Waals surface area contributed by atoms with E-state index in [0.717, 1.165) is 4.57 Å². The summed E-state index contributed by atoms with van der Waals surface area (Å²) in [6, 6.07) is 5.85. The second-order valence-corrected chi connectivity index (χ2v) is 9.34. The number of aromatic nitrogens is 4. The quantitative estimate of drug-likeness (QED) is 0.206. The van der Waals surface area contributed by atoms with Gasteiger partial charge in [-0.25, -0.2) is 19.1 Å². The van der Waals surface area contributed by atoms with E-state index in [-0.39, 0.29) is 18.7 Å². The van der Waals surface area contributed by atoms with Crippen LogP contribution in [0, 0.1) is 0 Å². The van der Waals surface area contributed by atoms with Gasteiger partial charge in [0.2, 0.25) is 17.7 Å². The lowest BCUT2D eigenvalue weighted by Gasteiger charge is -2.20. The molecular weight excluding hydrogens is 486 g/mol. The molecule has 3 aromatic rings. The third-order valence-electron chi connectivity index (χ3n) is 5.19. The average molecular weight is 518 g/mol. The van der Waals surface area contributed by atoms with Crippen molar-refractivity contribution in [2.45, 2.75) is 51.8 Å². The van der Waals surface area contributed by atoms with Crippen molar-refractivity contribution in [3.05, 3.63) is 40.4 Å². The molecular formula is C23H31N7O7. The van der Waals surface area contributed by atoms with Crippen molar-refractivity contribution in [3.63, 3.8) is 0 Å². The molecule has 0 unspecified atom stereocenters. The summed E-state index contributed by atoms with van der Waals surface area (Å²) in [6.07, 6.45) is 0.106. The topological polar surface area (TPSA) is 207 Å². The van der Waals surface area contributed by atoms with E-state index >= 15 is 0 Å². The molecule has 0 aliphatic heterocycles. The summed E-state index contributed by atoms with van der Waals surface area (Å²) in [6.45, 7) is 4.82. The van der Waals surface area contributed by atoms with E-state index in [1.54, 1.807) is 39.0 Å². The van der Waals surface area contributed by atoms with Gasteiger partial charge >= 0.3 is 17.8 Å². The van der Waals surface area contributed by atoms with Crippen LogP contribution >= 0.6 is 0 Å². The lowest BCUT2D eigenvalue weighted by Crippen LogP contribution is -2.43. The van der Waals surface area contributed by atoms with E-state index in [9.17, 15) is 24.3 Å². The Kier molecular flexibility index (Phi) is 8.22. The van der Waals surface area contributed by atoms with Crippen molar-refractivity contribution < 1.29 is 29.3 Å². The van der Waals surface area contributed by atoms with Crippen LogP contribution in [0.4, 0.5) is 10.7 Å². The van der Waals surface area contributed by atoms with Crippen molar-refractivity contribution in [2.24, 2.45) is 5.73 Å². The van der Waals surface area contributed by atoms with Gasteiger partial charge in [0.15, 0.2) is 0 Å². The number of hydrogen-bond donors (Lipinski definition) is 6. The van der Waals surface area contributed by atoms with Gasteiger partial charge in [-0.2, -0.15) is 0 Å². The molecule has 1 aromatic carbocycles. The number of H-pyrrole nitrogens is 1. The van der Waals surface area contributed by atoms with Gasteiger partial charge in [0, 0.05) is 13.1 Å². The molecule has 0 aliphatic rings. The molecule has 1 amide bonds. The lowest BCUT2D eigenvalue weighted by molar-refractivity contribution is -0.138. The van der Waals surface area contributed by atoms with E-state index in [1.165, 1.54) is 4.57 Å². The second-order valence-electron chi connectivity index (χ2n) is 9.34. The highest BCUT2D eigenvalue weighted by Gasteiger charge is 2.23. The zero-order chi connectivity index (χ0) is 27.3. The maximum absolute atomic E-state index is 12.8. The third kappa shape index (κ3) is 6.88. The van der Waals surface area contributed by atoms with Crippen molar-refractivity contribution in [1.82, 2.24) is 24.4 Å². The normalized spacial score (nSPS) is 12.3. The first-order valence-electron chi connectivity index (χ1n) is 11.6. The minimum absolute atomic E-state index is 0.225. The van der Waals surface area contributed by atoms with E-state index in [1.807, 2.05) is 6.07 Å². The standard InChI is InChI=1S/C23H31N7O7/c1-23(2,3)37-22(36)30-16-9-5-4-7-14(16)27-20(30)25-10-6-8-15-18(32)29(21(35)28-15)12-17(31)26-11-13(24)19(33)34/h4-5,7,9,13,32H,6,8,10-12,24H2,1-3H3,(H,25,27)(H,26,31)(H,28,35)(H,33,34)/t13-/m0/s1. The number of fused-ring (bicyclic) bond motifs is 1. The Balaban J connectivity index is 1.63. The number of aromatic hydroxyl groups is 1. The van der Waals surface area contributed by atoms with E-state index in [2.05, 4.69) is 20.6 Å². The zero-order valence-electron chi connectivity index (χ0n) is 20.8. The second kappa shape index (κ2) is 11.2. The van der Waals surface area contributed by atoms with E-state index in [4.69, 9.17) is 15.6 Å². The molecule has 0 aliphatic carbocycles. The van der Waals surface area contributed by atoms with Crippen LogP contribution in [0.5, 0.6) is 5.88 Å². The molecule has 0 saturated heterocycles. The van der Waals surface area contributed by atoms with Crippen LogP contribution in [0.25, 0.3) is 11.0 Å². The molecule has 0 bridgehead atoms. The highest BCUT2D eigenvalue weighted by Crippen LogP contribution is 2.22. The number of hydrogen-bond acceptors (Lipinski definition) is 9. The fourth-order valence-electron chi connectivity index (χ4n) is 3.45. The summed E-state index contributed by atoms with van der Waals surface area (Å²) < 4.78 is 7.70. The Hall–Kier alpha value is -4.33. The molecule has 0 saturated carbocycles. The number of anilines is 1. The highest BCUT2D eigenvalue weighted by atomic mass is 16.6. The fraction of sp³-hybridized carbons (Fsp3) is 0.435. The predicted octanol–water partition coefficient (Wildman–Crippen LogP) is 0.588. The Bertz CT molecular complexity index is 1350. The number of aliphatic carboxylic acids is 1. The number of carbonyl (C=O) groups excluding carboxylic acids is 2. The molecule has 2 aromatic heterocycles. The molecule has 200 valence electrons. The van der Waals surface area contributed by atoms with Crippen molar-refractivity contribution in [3.8, 4) is 5.88 Å². The number of rotatable bonds is 10. The number of carbonyl (C=O) groups is 3. The maximum Gasteiger partial charge on any atom is 0.421 e. The number of carboxylic acid groups (broad SMARTS) is 1. The zero-order valence-corrected chi connectivity index (χ0v) is 20.8. The van der Waals surface area contributed by atoms with Crippen LogP contribution in [-0.4, -0.2) is 72.0 Å². The molecule has 3 rings (SSSR count). The number of para-hydroxylation sites is 2. The number of nitrogens with two attached hydrogens (primary N) is 1. The minimum atomic E-state index is -1.29. The molecule has 0 spiro atoms. The first-order valence-corrected chi connectivity index (χ1v) is 11.6. The van der Waals surface area contributed by atoms with Crippen LogP contribution in [0.15, 0.2) is 29.1 Å². The molecule has 1 atom stereocenters. The van der Waals surface area contributed by atoms with Crippen LogP contribution < -0.4 is 22.1 Å². The van der Waals surface area contributed by atoms with Gasteiger partial charge in [-0.05, 0) is 45.7 Å². The molecule has 7 N–H and O–H groups in total. The Labute approximate surface area is 211 Å². The highest BCUT2D eigenvalue weighted by molar-refractivity contribution is 5.90. The van der Waals surface area contributed by atoms with Gasteiger partial charge in [-0.1, -0.05) is 12.1 Å². The number of aromatic amines is 1. The number of nitrogens with one attached hydrogen (secondary N) is 3. The van der Waals surface area contributed by atoms with Crippen LogP contribution in [0.3, 0.4) is 0 Å². The van der Waals surface area contributed by atoms with Gasteiger partial charge in [0.25, 0.3) is 0 Å². The van der Waals surface area contributed by atoms with E-state index in [0.29, 0.717) is 29.9 Å². The average Bonchev–Trinajstić information content (AvgIpc) is 3.31. The van der Waals surface area contributed by atoms with Gasteiger partial charge in [-0.3, -0.25) is 14.2 Å². The Morgan fingerprint density at radius 1 is 1.24 bits per heavy atom. The number of benzene rings is 1. The van der Waals surface area contributed by atoms with Crippen LogP contribution in [0.1, 0.15) is 32.9 Å². The largest absolute Gasteiger partial charge is 0.493 e. The number of aryl methyl sites for hydroxylation is 1. The summed E-state index contributed by atoms with van der Waals surface area (Å²) in [7, 11) is 0. The van der Waals surface area contributed by atoms with Crippen molar-refractivity contribution in [2.75, 3.05) is 18.4 Å². The van der Waals surface area contributed by atoms with Crippen molar-refractivity contribution in [1.29, 1.82) is 0 Å². The van der Waals surface area contributed by atoms with Gasteiger partial charge in [-0.15, -0.1) is 0 Å². The molecule has 0 fully saturated rings. The van der Waals surface area contributed by atoms with Crippen molar-refractivity contribution >= 4 is 35.0 Å². The van der Waals surface area contributed by atoms with Crippen LogP contribution in [0.2, 0.25) is 0 Å². The summed E-state index contributed by atoms with van der Waals surface area (Å²) in [5.74, 6) is -2.06. The minimum Gasteiger partial charge on any atom is -0.493 e. The first kappa shape index (κ1) is 27.3. The Morgan fingerprint density at radius 2 is 1.95 bits per heavy atom. The number of imidazole rings is 2. The molecule has 14 heteroatoms. The third-order valence-corrected chi connectivity index (χ3v) is 5.19. The first-order chi connectivity index (χ1) is 17.4. The smallest absolute Gasteiger partial charge is 0.421 e. The van der Waals surface area contributed by atoms with Crippen LogP contribution in [-0.2, 0) is 27.3 Å². The molecule has 37 heavy (non-hydrogen) atoms. The summed E-state index contributed by atoms with van der Waals surface area (Å²) in [5.41, 5.74) is 5.36. The summed E-state index contributed by atoms with van der Waals surface area (Å²) in [4.78, 5) is 54.8. The fourth-order valence-corrected chi connectivity index (χ4v) is 3.45. The monoisotopic (exact) mass is 517 g/mol. The number of amides is 1. The van der Waals surface area contributed by atoms with Gasteiger partial charge < -0.3 is 36.3 Å². The predicted molar refractivity (Wildman–Crippen MR) is 134 cm³/mol. The molecule has 2 heterocycles. The SMILES string of the molecule is CC(C)(C)OC(=O)n1c(NCCCc2[nH]c(=O)n(CC(=O)NC[C@H](N)C(=O)O)c2O)nc2ccccc21. The maximum atomic E-state index is 12.8. The Morgan fingerprint density at radius 3 is 2.62 bits per heavy atom. The molecule has 0 radical (unpaired) electrons.